The Morgan fingerprint density at radius 1 is 1.19 bits per heavy atom. The average molecular weight is 427 g/mol. The molecule has 0 radical (unpaired) electrons. The number of carboxylic acid groups (broad SMARTS) is 1. The lowest BCUT2D eigenvalue weighted by molar-refractivity contribution is -0.136. The van der Waals surface area contributed by atoms with E-state index in [1.807, 2.05) is 25.4 Å². The maximum absolute atomic E-state index is 10.9. The van der Waals surface area contributed by atoms with Crippen LogP contribution >= 0.6 is 15.9 Å². The fraction of sp³-hybridized carbons (Fsp3) is 0.111. The summed E-state index contributed by atoms with van der Waals surface area (Å²) in [5.74, 6) is -0.437. The number of hydrogen-bond donors (Lipinski definition) is 2. The zero-order chi connectivity index (χ0) is 19.1. The lowest BCUT2D eigenvalue weighted by atomic mass is 10.1. The van der Waals surface area contributed by atoms with Crippen molar-refractivity contribution < 1.29 is 9.90 Å². The molecule has 8 nitrogen and oxygen atoms in total. The molecule has 0 aliphatic rings. The van der Waals surface area contributed by atoms with Crippen molar-refractivity contribution in [2.24, 2.45) is 7.05 Å². The molecule has 3 N–H and O–H groups in total. The van der Waals surface area contributed by atoms with E-state index in [1.165, 1.54) is 0 Å². The van der Waals surface area contributed by atoms with Gasteiger partial charge >= 0.3 is 5.97 Å². The summed E-state index contributed by atoms with van der Waals surface area (Å²) in [5.41, 5.74) is 10.8. The van der Waals surface area contributed by atoms with Crippen molar-refractivity contribution in [1.29, 1.82) is 0 Å². The normalized spacial score (nSPS) is 11.2. The number of carboxylic acids is 1. The molecule has 0 unspecified atom stereocenters. The molecule has 0 amide bonds. The second-order valence-corrected chi connectivity index (χ2v) is 6.92. The van der Waals surface area contributed by atoms with E-state index in [-0.39, 0.29) is 6.42 Å². The van der Waals surface area contributed by atoms with Crippen molar-refractivity contribution in [2.45, 2.75) is 6.42 Å². The topological polar surface area (TPSA) is 111 Å². The SMILES string of the molecule is Cn1cc(-c2cnn3c(N)c(Br)c(-c4ccc(CC(=O)O)cc4)nc23)cn1. The molecule has 3 heterocycles. The third-order valence-corrected chi connectivity index (χ3v) is 5.00. The largest absolute Gasteiger partial charge is 0.481 e. The monoisotopic (exact) mass is 426 g/mol. The van der Waals surface area contributed by atoms with Gasteiger partial charge in [-0.25, -0.2) is 4.98 Å². The zero-order valence-electron chi connectivity index (χ0n) is 14.3. The predicted molar refractivity (Wildman–Crippen MR) is 104 cm³/mol. The number of hydrogen-bond acceptors (Lipinski definition) is 5. The summed E-state index contributed by atoms with van der Waals surface area (Å²) >= 11 is 3.51. The molecular weight excluding hydrogens is 412 g/mol. The number of fused-ring (bicyclic) bond motifs is 1. The average Bonchev–Trinajstić information content (AvgIpc) is 3.24. The van der Waals surface area contributed by atoms with Gasteiger partial charge in [-0.1, -0.05) is 24.3 Å². The molecule has 136 valence electrons. The summed E-state index contributed by atoms with van der Waals surface area (Å²) in [6.45, 7) is 0. The minimum absolute atomic E-state index is 0.0240. The number of carbonyl (C=O) groups is 1. The molecule has 9 heteroatoms. The van der Waals surface area contributed by atoms with Crippen molar-refractivity contribution in [3.63, 3.8) is 0 Å². The van der Waals surface area contributed by atoms with Gasteiger partial charge < -0.3 is 10.8 Å². The highest BCUT2D eigenvalue weighted by atomic mass is 79.9. The number of benzene rings is 1. The van der Waals surface area contributed by atoms with E-state index in [1.54, 1.807) is 33.7 Å². The Morgan fingerprint density at radius 2 is 1.93 bits per heavy atom. The van der Waals surface area contributed by atoms with E-state index >= 15 is 0 Å². The molecule has 4 rings (SSSR count). The number of aromatic nitrogens is 5. The number of rotatable bonds is 4. The molecule has 0 fully saturated rings. The Balaban J connectivity index is 1.85. The van der Waals surface area contributed by atoms with Crippen LogP contribution in [-0.4, -0.2) is 35.5 Å². The zero-order valence-corrected chi connectivity index (χ0v) is 15.9. The van der Waals surface area contributed by atoms with Crippen molar-refractivity contribution in [3.8, 4) is 22.4 Å². The van der Waals surface area contributed by atoms with Gasteiger partial charge in [0.25, 0.3) is 0 Å². The number of nitrogens with zero attached hydrogens (tertiary/aromatic N) is 5. The van der Waals surface area contributed by atoms with E-state index in [4.69, 9.17) is 15.8 Å². The molecule has 0 atom stereocenters. The molecule has 4 aromatic rings. The first-order valence-electron chi connectivity index (χ1n) is 8.07. The van der Waals surface area contributed by atoms with Gasteiger partial charge in [0.2, 0.25) is 0 Å². The fourth-order valence-corrected chi connectivity index (χ4v) is 3.39. The summed E-state index contributed by atoms with van der Waals surface area (Å²) in [5, 5.41) is 17.5. The van der Waals surface area contributed by atoms with Gasteiger partial charge in [-0.15, -0.1) is 0 Å². The third-order valence-electron chi connectivity index (χ3n) is 4.22. The van der Waals surface area contributed by atoms with Gasteiger partial charge in [0.05, 0.1) is 29.0 Å². The van der Waals surface area contributed by atoms with Crippen LogP contribution in [0, 0.1) is 0 Å². The Hall–Kier alpha value is -3.20. The van der Waals surface area contributed by atoms with E-state index in [0.717, 1.165) is 22.3 Å². The highest BCUT2D eigenvalue weighted by Gasteiger charge is 2.18. The van der Waals surface area contributed by atoms with E-state index in [0.29, 0.717) is 21.6 Å². The standard InChI is InChI=1S/C18H15BrN6O2/c1-24-9-12(7-21-24)13-8-22-25-17(20)15(19)16(23-18(13)25)11-4-2-10(3-5-11)6-14(26)27/h2-5,7-9H,6,20H2,1H3,(H,26,27). The van der Waals surface area contributed by atoms with Crippen molar-refractivity contribution >= 4 is 33.4 Å². The van der Waals surface area contributed by atoms with Gasteiger partial charge in [-0.2, -0.15) is 14.7 Å². The van der Waals surface area contributed by atoms with Crippen LogP contribution in [0.1, 0.15) is 5.56 Å². The molecule has 27 heavy (non-hydrogen) atoms. The summed E-state index contributed by atoms with van der Waals surface area (Å²) in [7, 11) is 1.84. The summed E-state index contributed by atoms with van der Waals surface area (Å²) < 4.78 is 3.92. The molecule has 0 saturated carbocycles. The smallest absolute Gasteiger partial charge is 0.307 e. The number of aryl methyl sites for hydroxylation is 1. The van der Waals surface area contributed by atoms with E-state index < -0.39 is 5.97 Å². The lowest BCUT2D eigenvalue weighted by Gasteiger charge is -2.10. The summed E-state index contributed by atoms with van der Waals surface area (Å²) in [6, 6.07) is 7.22. The maximum Gasteiger partial charge on any atom is 0.307 e. The second kappa shape index (κ2) is 6.51. The molecule has 0 aliphatic heterocycles. The lowest BCUT2D eigenvalue weighted by Crippen LogP contribution is -2.04. The molecular formula is C18H15BrN6O2. The highest BCUT2D eigenvalue weighted by Crippen LogP contribution is 2.34. The van der Waals surface area contributed by atoms with Crippen LogP contribution in [0.5, 0.6) is 0 Å². The second-order valence-electron chi connectivity index (χ2n) is 6.12. The van der Waals surface area contributed by atoms with Crippen LogP contribution in [-0.2, 0) is 18.3 Å². The third kappa shape index (κ3) is 3.06. The quantitative estimate of drug-likeness (QED) is 0.518. The molecule has 1 aromatic carbocycles. The Labute approximate surface area is 162 Å². The first kappa shape index (κ1) is 17.2. The van der Waals surface area contributed by atoms with E-state index in [2.05, 4.69) is 26.1 Å². The number of nitrogens with two attached hydrogens (primary N) is 1. The van der Waals surface area contributed by atoms with Crippen molar-refractivity contribution in [3.05, 3.63) is 52.9 Å². The molecule has 0 bridgehead atoms. The summed E-state index contributed by atoms with van der Waals surface area (Å²) in [6.07, 6.45) is 5.32. The van der Waals surface area contributed by atoms with Crippen LogP contribution in [0.3, 0.4) is 0 Å². The van der Waals surface area contributed by atoms with Crippen molar-refractivity contribution in [2.75, 3.05) is 5.73 Å². The van der Waals surface area contributed by atoms with Gasteiger partial charge in [0, 0.05) is 29.9 Å². The molecule has 0 aliphatic carbocycles. The van der Waals surface area contributed by atoms with Crippen LogP contribution < -0.4 is 5.73 Å². The molecule has 0 saturated heterocycles. The van der Waals surface area contributed by atoms with Crippen LogP contribution in [0.4, 0.5) is 5.82 Å². The van der Waals surface area contributed by atoms with Crippen molar-refractivity contribution in [1.82, 2.24) is 24.4 Å². The number of aliphatic carboxylic acids is 1. The minimum Gasteiger partial charge on any atom is -0.481 e. The number of halogens is 1. The first-order chi connectivity index (χ1) is 12.9. The molecule has 3 aromatic heterocycles. The molecule has 0 spiro atoms. The Kier molecular flexibility index (Phi) is 4.15. The Morgan fingerprint density at radius 3 is 2.56 bits per heavy atom. The number of nitrogen functional groups attached to an aromatic ring is 1. The van der Waals surface area contributed by atoms with Gasteiger partial charge in [0.1, 0.15) is 5.82 Å². The van der Waals surface area contributed by atoms with Crippen LogP contribution in [0.15, 0.2) is 47.3 Å². The van der Waals surface area contributed by atoms with Gasteiger partial charge in [-0.3, -0.25) is 9.48 Å². The van der Waals surface area contributed by atoms with Crippen LogP contribution in [0.25, 0.3) is 28.0 Å². The van der Waals surface area contributed by atoms with Gasteiger partial charge in [-0.05, 0) is 21.5 Å². The van der Waals surface area contributed by atoms with E-state index in [9.17, 15) is 4.79 Å². The van der Waals surface area contributed by atoms with Gasteiger partial charge in [0.15, 0.2) is 5.65 Å². The maximum atomic E-state index is 10.9. The Bertz CT molecular complexity index is 1160. The number of anilines is 1. The minimum atomic E-state index is -0.868. The first-order valence-corrected chi connectivity index (χ1v) is 8.86. The van der Waals surface area contributed by atoms with Crippen LogP contribution in [0.2, 0.25) is 0 Å². The highest BCUT2D eigenvalue weighted by molar-refractivity contribution is 9.10. The fourth-order valence-electron chi connectivity index (χ4n) is 2.91. The summed E-state index contributed by atoms with van der Waals surface area (Å²) in [4.78, 5) is 15.6. The predicted octanol–water partition coefficient (Wildman–Crippen LogP) is 2.77.